The molecule has 0 spiro atoms. The second-order valence-electron chi connectivity index (χ2n) is 3.81. The highest BCUT2D eigenvalue weighted by atomic mass is 32.2. The second kappa shape index (κ2) is 6.12. The highest BCUT2D eigenvalue weighted by molar-refractivity contribution is 7.89. The molecule has 0 radical (unpaired) electrons. The Balaban J connectivity index is 3.13. The van der Waals surface area contributed by atoms with Crippen LogP contribution >= 0.6 is 0 Å². The van der Waals surface area contributed by atoms with Crippen molar-refractivity contribution in [2.45, 2.75) is 18.2 Å². The fourth-order valence-corrected chi connectivity index (χ4v) is 3.10. The third-order valence-electron chi connectivity index (χ3n) is 2.43. The van der Waals surface area contributed by atoms with E-state index in [4.69, 9.17) is 10.8 Å². The van der Waals surface area contributed by atoms with Gasteiger partial charge in [0.15, 0.2) is 0 Å². The van der Waals surface area contributed by atoms with E-state index in [0.29, 0.717) is 13.0 Å². The van der Waals surface area contributed by atoms with Gasteiger partial charge in [0, 0.05) is 13.1 Å². The van der Waals surface area contributed by atoms with Crippen LogP contribution in [0, 0.1) is 5.82 Å². The van der Waals surface area contributed by atoms with Crippen molar-refractivity contribution in [3.8, 4) is 0 Å². The SMILES string of the molecule is CCCN(CCO)S(=O)(=O)c1ccc(F)c(N)c1. The summed E-state index contributed by atoms with van der Waals surface area (Å²) < 4.78 is 38.6. The highest BCUT2D eigenvalue weighted by Crippen LogP contribution is 2.20. The summed E-state index contributed by atoms with van der Waals surface area (Å²) in [5.41, 5.74) is 5.15. The molecule has 0 heterocycles. The lowest BCUT2D eigenvalue weighted by Crippen LogP contribution is -2.34. The van der Waals surface area contributed by atoms with Crippen molar-refractivity contribution in [2.75, 3.05) is 25.4 Å². The summed E-state index contributed by atoms with van der Waals surface area (Å²) >= 11 is 0. The number of rotatable bonds is 6. The fraction of sp³-hybridized carbons (Fsp3) is 0.455. The van der Waals surface area contributed by atoms with Crippen LogP contribution in [-0.2, 0) is 10.0 Å². The first-order chi connectivity index (χ1) is 8.43. The van der Waals surface area contributed by atoms with Gasteiger partial charge in [0.1, 0.15) is 5.82 Å². The zero-order chi connectivity index (χ0) is 13.8. The molecule has 0 aliphatic heterocycles. The summed E-state index contributed by atoms with van der Waals surface area (Å²) in [6.07, 6.45) is 0.621. The topological polar surface area (TPSA) is 83.6 Å². The van der Waals surface area contributed by atoms with Gasteiger partial charge in [0.2, 0.25) is 10.0 Å². The number of aliphatic hydroxyl groups excluding tert-OH is 1. The number of nitrogen functional groups attached to an aromatic ring is 1. The van der Waals surface area contributed by atoms with Gasteiger partial charge in [-0.15, -0.1) is 0 Å². The minimum atomic E-state index is -3.74. The zero-order valence-electron chi connectivity index (χ0n) is 10.1. The Labute approximate surface area is 106 Å². The highest BCUT2D eigenvalue weighted by Gasteiger charge is 2.23. The van der Waals surface area contributed by atoms with Crippen molar-refractivity contribution < 1.29 is 17.9 Å². The summed E-state index contributed by atoms with van der Waals surface area (Å²) in [6.45, 7) is 1.86. The molecule has 0 amide bonds. The molecule has 0 unspecified atom stereocenters. The van der Waals surface area contributed by atoms with Crippen LogP contribution in [0.1, 0.15) is 13.3 Å². The fourth-order valence-electron chi connectivity index (χ4n) is 1.54. The molecule has 0 aromatic heterocycles. The molecular weight excluding hydrogens is 259 g/mol. The van der Waals surface area contributed by atoms with Crippen LogP contribution in [0.5, 0.6) is 0 Å². The van der Waals surface area contributed by atoms with Crippen molar-refractivity contribution in [2.24, 2.45) is 0 Å². The summed E-state index contributed by atoms with van der Waals surface area (Å²) in [6, 6.07) is 3.27. The van der Waals surface area contributed by atoms with Crippen molar-refractivity contribution >= 4 is 15.7 Å². The van der Waals surface area contributed by atoms with Gasteiger partial charge in [0.05, 0.1) is 17.2 Å². The van der Waals surface area contributed by atoms with Gasteiger partial charge < -0.3 is 10.8 Å². The first kappa shape index (κ1) is 14.9. The van der Waals surface area contributed by atoms with Crippen molar-refractivity contribution in [3.05, 3.63) is 24.0 Å². The Kier molecular flexibility index (Phi) is 5.06. The van der Waals surface area contributed by atoms with E-state index in [1.807, 2.05) is 6.92 Å². The monoisotopic (exact) mass is 276 g/mol. The minimum Gasteiger partial charge on any atom is -0.396 e. The molecular formula is C11H17FN2O3S. The van der Waals surface area contributed by atoms with E-state index in [0.717, 1.165) is 16.4 Å². The number of benzene rings is 1. The molecule has 0 saturated carbocycles. The maximum Gasteiger partial charge on any atom is 0.243 e. The molecule has 0 bridgehead atoms. The van der Waals surface area contributed by atoms with Gasteiger partial charge in [-0.3, -0.25) is 0 Å². The van der Waals surface area contributed by atoms with Crippen LogP contribution in [0.4, 0.5) is 10.1 Å². The summed E-state index contributed by atoms with van der Waals surface area (Å²) in [7, 11) is -3.74. The Morgan fingerprint density at radius 2 is 2.06 bits per heavy atom. The number of nitrogens with two attached hydrogens (primary N) is 1. The van der Waals surface area contributed by atoms with Gasteiger partial charge >= 0.3 is 0 Å². The number of halogens is 1. The molecule has 7 heteroatoms. The predicted molar refractivity (Wildman–Crippen MR) is 66.9 cm³/mol. The Bertz CT molecular complexity index is 499. The number of sulfonamides is 1. The smallest absolute Gasteiger partial charge is 0.243 e. The molecule has 18 heavy (non-hydrogen) atoms. The predicted octanol–water partition coefficient (Wildman–Crippen LogP) is 0.801. The third-order valence-corrected chi connectivity index (χ3v) is 4.32. The normalized spacial score (nSPS) is 12.0. The van der Waals surface area contributed by atoms with E-state index in [9.17, 15) is 12.8 Å². The van der Waals surface area contributed by atoms with Gasteiger partial charge in [0.25, 0.3) is 0 Å². The summed E-state index contributed by atoms with van der Waals surface area (Å²) in [5, 5.41) is 8.88. The Morgan fingerprint density at radius 1 is 1.39 bits per heavy atom. The van der Waals surface area contributed by atoms with Crippen LogP contribution < -0.4 is 5.73 Å². The summed E-state index contributed by atoms with van der Waals surface area (Å²) in [4.78, 5) is -0.0664. The maximum atomic E-state index is 13.0. The molecule has 0 aliphatic rings. The molecule has 1 rings (SSSR count). The van der Waals surface area contributed by atoms with E-state index < -0.39 is 15.8 Å². The number of hydrogen-bond donors (Lipinski definition) is 2. The van der Waals surface area contributed by atoms with Crippen LogP contribution in [0.15, 0.2) is 23.1 Å². The van der Waals surface area contributed by atoms with Crippen LogP contribution in [0.25, 0.3) is 0 Å². The minimum absolute atomic E-state index is 0.00740. The van der Waals surface area contributed by atoms with E-state index in [1.54, 1.807) is 0 Å². The number of nitrogens with zero attached hydrogens (tertiary/aromatic N) is 1. The lowest BCUT2D eigenvalue weighted by Gasteiger charge is -2.20. The standard InChI is InChI=1S/C11H17FN2O3S/c1-2-5-14(6-7-15)18(16,17)9-3-4-10(12)11(13)8-9/h3-4,8,15H,2,5-7,13H2,1H3. The molecule has 5 nitrogen and oxygen atoms in total. The van der Waals surface area contributed by atoms with Crippen LogP contribution in [0.3, 0.4) is 0 Å². The van der Waals surface area contributed by atoms with Gasteiger partial charge in [-0.05, 0) is 24.6 Å². The molecule has 102 valence electrons. The Hall–Kier alpha value is -1.18. The van der Waals surface area contributed by atoms with Gasteiger partial charge in [-0.1, -0.05) is 6.92 Å². The lowest BCUT2D eigenvalue weighted by molar-refractivity contribution is 0.253. The van der Waals surface area contributed by atoms with E-state index in [1.165, 1.54) is 6.07 Å². The first-order valence-corrected chi connectivity index (χ1v) is 7.03. The molecule has 3 N–H and O–H groups in total. The molecule has 1 aromatic rings. The first-order valence-electron chi connectivity index (χ1n) is 5.59. The van der Waals surface area contributed by atoms with Gasteiger partial charge in [-0.2, -0.15) is 4.31 Å². The molecule has 0 fully saturated rings. The van der Waals surface area contributed by atoms with Crippen molar-refractivity contribution in [1.29, 1.82) is 0 Å². The second-order valence-corrected chi connectivity index (χ2v) is 5.75. The third kappa shape index (κ3) is 3.18. The largest absolute Gasteiger partial charge is 0.396 e. The molecule has 0 aliphatic carbocycles. The quantitative estimate of drug-likeness (QED) is 0.753. The lowest BCUT2D eigenvalue weighted by atomic mass is 10.3. The van der Waals surface area contributed by atoms with Crippen molar-refractivity contribution in [1.82, 2.24) is 4.31 Å². The van der Waals surface area contributed by atoms with E-state index >= 15 is 0 Å². The summed E-state index contributed by atoms with van der Waals surface area (Å²) in [5.74, 6) is -0.654. The van der Waals surface area contributed by atoms with Crippen LogP contribution in [0.2, 0.25) is 0 Å². The van der Waals surface area contributed by atoms with Gasteiger partial charge in [-0.25, -0.2) is 12.8 Å². The van der Waals surface area contributed by atoms with E-state index in [2.05, 4.69) is 0 Å². The van der Waals surface area contributed by atoms with E-state index in [-0.39, 0.29) is 23.7 Å². The number of anilines is 1. The van der Waals surface area contributed by atoms with Crippen molar-refractivity contribution in [3.63, 3.8) is 0 Å². The molecule has 0 saturated heterocycles. The zero-order valence-corrected chi connectivity index (χ0v) is 11.0. The molecule has 1 aromatic carbocycles. The maximum absolute atomic E-state index is 13.0. The average Bonchev–Trinajstić information content (AvgIpc) is 2.32. The number of aliphatic hydroxyl groups is 1. The average molecular weight is 276 g/mol. The molecule has 0 atom stereocenters. The van der Waals surface area contributed by atoms with Crippen LogP contribution in [-0.4, -0.2) is 37.5 Å². The Morgan fingerprint density at radius 3 is 2.56 bits per heavy atom. The number of hydrogen-bond acceptors (Lipinski definition) is 4.